The highest BCUT2D eigenvalue weighted by molar-refractivity contribution is 9.10. The molecule has 0 amide bonds. The van der Waals surface area contributed by atoms with Gasteiger partial charge in [-0.05, 0) is 302 Å². The Morgan fingerprint density at radius 1 is 0.279 bits per heavy atom. The van der Waals surface area contributed by atoms with Crippen molar-refractivity contribution in [3.63, 3.8) is 0 Å². The lowest BCUT2D eigenvalue weighted by molar-refractivity contribution is 0.00578. The monoisotopic (exact) mass is 2030 g/mol. The molecule has 0 aliphatic carbocycles. The average molecular weight is 2030 g/mol. The Kier molecular flexibility index (Phi) is 30.6. The molecule has 140 heavy (non-hydrogen) atoms. The average Bonchev–Trinajstić information content (AvgIpc) is 1.63. The van der Waals surface area contributed by atoms with Crippen molar-refractivity contribution < 1.29 is 27.0 Å². The summed E-state index contributed by atoms with van der Waals surface area (Å²) >= 11 is 27.4. The summed E-state index contributed by atoms with van der Waals surface area (Å²) in [6.45, 7) is 26.0. The normalized spacial score (nSPS) is 19.1. The number of likely N-dealkylation sites (tertiary alicyclic amines) is 4. The van der Waals surface area contributed by atoms with Gasteiger partial charge in [-0.15, -0.1) is 0 Å². The van der Waals surface area contributed by atoms with E-state index in [0.717, 1.165) is 168 Å². The lowest BCUT2D eigenvalue weighted by Gasteiger charge is -2.39. The van der Waals surface area contributed by atoms with Crippen LogP contribution in [-0.2, 0) is 9.31 Å². The van der Waals surface area contributed by atoms with E-state index in [1.54, 1.807) is 42.9 Å². The summed E-state index contributed by atoms with van der Waals surface area (Å²) in [7, 11) is -0.441. The molecule has 0 bridgehead atoms. The Morgan fingerprint density at radius 2 is 0.521 bits per heavy atom. The highest BCUT2D eigenvalue weighted by Crippen LogP contribution is 2.40. The van der Waals surface area contributed by atoms with Crippen LogP contribution in [0.15, 0.2) is 199 Å². The van der Waals surface area contributed by atoms with E-state index in [1.165, 1.54) is 155 Å². The molecular weight excluding hydrogens is 1910 g/mol. The SMILES string of the molecule is Brc1cnc2nc(N3CCC(N4CCCCC4)CC3)oc2c1.CC1(C)OB(c2cccc(Cl)n2)OC1(C)C.Clc1cccc(-c2cccc(-c3cccc(-c4cnc5nc(N6CCC(N7CCCCC7)CC6)oc5c4)n3)n2)n1.Clc1cccc(-c2cccc(-c3cnc4nc(N5CCC(N6CCCCC6)CC5)oc4c3)n2)n1.Clc1cccc(-c2cnc3nc(N4CCC(N5CCCCC5)CC4)oc3c2)n1. The molecule has 24 heterocycles. The van der Waals surface area contributed by atoms with E-state index >= 15 is 0 Å². The van der Waals surface area contributed by atoms with Crippen LogP contribution in [-0.4, -0.2) is 242 Å². The number of rotatable bonds is 15. The molecule has 0 saturated carbocycles. The Labute approximate surface area is 844 Å². The summed E-state index contributed by atoms with van der Waals surface area (Å²) < 4.78 is 37.0. The van der Waals surface area contributed by atoms with E-state index in [-0.39, 0.29) is 11.2 Å². The Morgan fingerprint density at radius 3 is 0.821 bits per heavy atom. The van der Waals surface area contributed by atoms with Crippen molar-refractivity contribution in [1.82, 2.24) is 94.4 Å². The molecule has 9 fully saturated rings. The van der Waals surface area contributed by atoms with Gasteiger partial charge in [-0.3, -0.25) is 0 Å². The van der Waals surface area contributed by atoms with Crippen molar-refractivity contribution in [2.75, 3.05) is 124 Å². The largest absolute Gasteiger partial charge is 0.514 e. The maximum Gasteiger partial charge on any atom is 0.514 e. The number of hydrogen-bond donors (Lipinski definition) is 0. The molecule has 15 aromatic rings. The van der Waals surface area contributed by atoms with Gasteiger partial charge in [0, 0.05) is 129 Å². The summed E-state index contributed by atoms with van der Waals surface area (Å²) in [4.78, 5) is 88.0. The first kappa shape index (κ1) is 96.7. The van der Waals surface area contributed by atoms with Crippen molar-refractivity contribution in [3.8, 4) is 67.9 Å². The van der Waals surface area contributed by atoms with Gasteiger partial charge in [0.15, 0.2) is 22.3 Å². The molecular formula is C105H117BBrCl4N23O6. The third-order valence-corrected chi connectivity index (χ3v) is 30.1. The fraction of sp³-hybridized carbons (Fsp3) is 0.438. The summed E-state index contributed by atoms with van der Waals surface area (Å²) in [5, 5.41) is 1.80. The number of anilines is 4. The fourth-order valence-electron chi connectivity index (χ4n) is 20.4. The molecule has 29 nitrogen and oxygen atoms in total. The number of hydrogen-bond acceptors (Lipinski definition) is 29. The summed E-state index contributed by atoms with van der Waals surface area (Å²) in [6.07, 6.45) is 32.8. The van der Waals surface area contributed by atoms with E-state index < -0.39 is 7.12 Å². The maximum atomic E-state index is 6.22. The van der Waals surface area contributed by atoms with Crippen molar-refractivity contribution >= 4 is 144 Å². The topological polar surface area (TPSA) is 290 Å². The number of aromatic nitrogens is 15. The lowest BCUT2D eigenvalue weighted by Crippen LogP contribution is -2.46. The van der Waals surface area contributed by atoms with Crippen LogP contribution >= 0.6 is 62.3 Å². The van der Waals surface area contributed by atoms with Crippen molar-refractivity contribution in [3.05, 3.63) is 202 Å². The molecule has 0 N–H and O–H groups in total. The van der Waals surface area contributed by atoms with Crippen molar-refractivity contribution in [2.24, 2.45) is 0 Å². The number of piperidine rings is 8. The minimum absolute atomic E-state index is 0.346. The minimum Gasteiger partial charge on any atom is -0.422 e. The van der Waals surface area contributed by atoms with Crippen LogP contribution in [0.3, 0.4) is 0 Å². The van der Waals surface area contributed by atoms with Crippen LogP contribution in [0.4, 0.5) is 24.1 Å². The van der Waals surface area contributed by atoms with Crippen molar-refractivity contribution in [1.29, 1.82) is 0 Å². The highest BCUT2D eigenvalue weighted by Gasteiger charge is 2.52. The van der Waals surface area contributed by atoms with Crippen LogP contribution in [0.25, 0.3) is 113 Å². The van der Waals surface area contributed by atoms with Crippen LogP contribution in [0.1, 0.15) is 156 Å². The third kappa shape index (κ3) is 23.4. The zero-order chi connectivity index (χ0) is 95.6. The molecule has 9 aliphatic rings. The Balaban J connectivity index is 0.000000111. The predicted octanol–water partition coefficient (Wildman–Crippen LogP) is 21.8. The smallest absolute Gasteiger partial charge is 0.422 e. The predicted molar refractivity (Wildman–Crippen MR) is 557 cm³/mol. The van der Waals surface area contributed by atoms with Gasteiger partial charge in [-0.1, -0.05) is 115 Å². The van der Waals surface area contributed by atoms with Gasteiger partial charge in [-0.25, -0.2) is 54.8 Å². The Hall–Kier alpha value is -10.8. The summed E-state index contributed by atoms with van der Waals surface area (Å²) in [6, 6.07) is 53.0. The minimum atomic E-state index is -0.441. The quantitative estimate of drug-likeness (QED) is 0.0680. The molecule has 15 aromatic heterocycles. The zero-order valence-corrected chi connectivity index (χ0v) is 84.3. The summed E-state index contributed by atoms with van der Waals surface area (Å²) in [5.41, 5.74) is 14.9. The molecule has 0 atom stereocenters. The van der Waals surface area contributed by atoms with Crippen molar-refractivity contribution in [2.45, 2.75) is 191 Å². The van der Waals surface area contributed by atoms with E-state index in [4.69, 9.17) is 93.3 Å². The first-order valence-corrected chi connectivity index (χ1v) is 52.1. The molecule has 0 unspecified atom stereocenters. The molecule has 726 valence electrons. The standard InChI is InChI=1S/C31H30ClN7O.C26H27ClN6O.C21H24ClN5O.C16H21BrN4O.C11H15BClNO2/c32-29-12-6-11-27(36-29)26-10-5-9-25(35-26)24-8-4-7-23(34-24)21-19-28-30(33-20-21)37-31(40-28)39-17-13-22(14-18-39)38-15-2-1-3-16-38;27-24-9-5-8-22(30-24)21-7-4-6-20(29-21)18-16-23-25(28-17-18)31-26(34-23)33-14-10-19(11-15-33)32-12-2-1-3-13-32;22-19-6-4-5-17(24-19)15-13-18-20(23-14-15)25-21(28-18)27-11-7-16(8-12-27)26-9-2-1-3-10-26;17-12-10-14-15(18-11-12)19-16(22-14)21-8-4-13(5-9-21)20-6-2-1-3-7-20;1-10(2)11(3,4)16-12(15-10)8-6-5-7-9(13)14-8/h4-12,19-20,22H,1-3,13-18H2;4-9,16-17,19H,1-3,10-15H2;4-6,13-14,16H,1-3,7-12H2;10-11,13H,1-9H2;5-7H,1-4H3. The van der Waals surface area contributed by atoms with E-state index in [2.05, 4.69) is 110 Å². The van der Waals surface area contributed by atoms with Crippen LogP contribution in [0.2, 0.25) is 20.6 Å². The fourth-order valence-corrected chi connectivity index (χ4v) is 21.4. The number of fused-ring (bicyclic) bond motifs is 4. The first-order chi connectivity index (χ1) is 68.3. The van der Waals surface area contributed by atoms with Gasteiger partial charge in [0.05, 0.1) is 68.0 Å². The van der Waals surface area contributed by atoms with Crippen LogP contribution in [0.5, 0.6) is 0 Å². The van der Waals surface area contributed by atoms with Gasteiger partial charge in [0.2, 0.25) is 22.6 Å². The van der Waals surface area contributed by atoms with Crippen LogP contribution in [0, 0.1) is 0 Å². The second kappa shape index (κ2) is 44.4. The molecule has 0 radical (unpaired) electrons. The lowest BCUT2D eigenvalue weighted by atomic mass is 9.84. The molecule has 35 heteroatoms. The molecule has 0 spiro atoms. The van der Waals surface area contributed by atoms with E-state index in [9.17, 15) is 0 Å². The number of nitrogens with zero attached hydrogens (tertiary/aromatic N) is 23. The highest BCUT2D eigenvalue weighted by atomic mass is 79.9. The van der Waals surface area contributed by atoms with Gasteiger partial charge >= 0.3 is 7.12 Å². The van der Waals surface area contributed by atoms with Crippen LogP contribution < -0.4 is 25.2 Å². The van der Waals surface area contributed by atoms with Gasteiger partial charge in [-0.2, -0.15) is 19.9 Å². The third-order valence-electron chi connectivity index (χ3n) is 28.8. The second-order valence-corrected chi connectivity index (χ2v) is 41.1. The molecule has 9 saturated heterocycles. The maximum absolute atomic E-state index is 6.22. The molecule has 24 rings (SSSR count). The number of halogens is 5. The van der Waals surface area contributed by atoms with Gasteiger partial charge in [0.1, 0.15) is 20.6 Å². The Bertz CT molecular complexity index is 6700. The van der Waals surface area contributed by atoms with E-state index in [1.807, 2.05) is 161 Å². The first-order valence-electron chi connectivity index (χ1n) is 49.8. The summed E-state index contributed by atoms with van der Waals surface area (Å²) in [5.74, 6) is 0. The van der Waals surface area contributed by atoms with Gasteiger partial charge in [0.25, 0.3) is 24.1 Å². The number of pyridine rings is 11. The molecule has 0 aromatic carbocycles. The molecule has 9 aliphatic heterocycles. The second-order valence-electron chi connectivity index (χ2n) is 38.6. The zero-order valence-electron chi connectivity index (χ0n) is 79.7. The van der Waals surface area contributed by atoms with E-state index in [0.29, 0.717) is 102 Å². The van der Waals surface area contributed by atoms with Gasteiger partial charge < -0.3 is 66.2 Å². The number of oxazole rings is 4.